The van der Waals surface area contributed by atoms with E-state index in [1.165, 1.54) is 4.90 Å². The van der Waals surface area contributed by atoms with E-state index in [0.29, 0.717) is 45.8 Å². The van der Waals surface area contributed by atoms with Crippen LogP contribution in [0, 0.1) is 0 Å². The summed E-state index contributed by atoms with van der Waals surface area (Å²) < 4.78 is 10.7. The lowest BCUT2D eigenvalue weighted by atomic mass is 10.0. The molecule has 0 radical (unpaired) electrons. The summed E-state index contributed by atoms with van der Waals surface area (Å²) in [6.45, 7) is 2.37. The van der Waals surface area contributed by atoms with Crippen LogP contribution in [-0.2, 0) is 9.59 Å². The zero-order chi connectivity index (χ0) is 19.8. The normalized spacial score (nSPS) is 15.6. The van der Waals surface area contributed by atoms with Crippen LogP contribution in [0.2, 0.25) is 10.0 Å². The third-order valence-corrected chi connectivity index (χ3v) is 5.01. The molecule has 4 rings (SSSR count). The number of ether oxygens (including phenoxy) is 2. The molecule has 2 aromatic rings. The van der Waals surface area contributed by atoms with Gasteiger partial charge in [0.1, 0.15) is 5.70 Å². The van der Waals surface area contributed by atoms with Crippen molar-refractivity contribution in [1.29, 1.82) is 0 Å². The van der Waals surface area contributed by atoms with Crippen molar-refractivity contribution in [2.75, 3.05) is 18.7 Å². The van der Waals surface area contributed by atoms with Crippen molar-refractivity contribution < 1.29 is 19.1 Å². The average molecular weight is 419 g/mol. The van der Waals surface area contributed by atoms with Gasteiger partial charge in [0.05, 0.1) is 10.6 Å². The monoisotopic (exact) mass is 418 g/mol. The van der Waals surface area contributed by atoms with Gasteiger partial charge in [0, 0.05) is 28.9 Å². The van der Waals surface area contributed by atoms with Crippen LogP contribution in [0.25, 0.3) is 5.57 Å². The molecule has 0 atom stereocenters. The Kier molecular flexibility index (Phi) is 4.91. The highest BCUT2D eigenvalue weighted by Gasteiger charge is 2.39. The number of nitrogens with zero attached hydrogens (tertiary/aromatic N) is 1. The SMILES string of the molecule is CCCN1C(=O)C(Nc2ccc3c(c2)OCO3)=C(c2ccc(Cl)cc2Cl)C1=O. The van der Waals surface area contributed by atoms with Gasteiger partial charge in [-0.05, 0) is 30.7 Å². The maximum absolute atomic E-state index is 13.0. The molecule has 0 aromatic heterocycles. The van der Waals surface area contributed by atoms with Crippen LogP contribution >= 0.6 is 23.2 Å². The van der Waals surface area contributed by atoms with Gasteiger partial charge in [0.2, 0.25) is 6.79 Å². The minimum Gasteiger partial charge on any atom is -0.454 e. The first-order valence-electron chi connectivity index (χ1n) is 8.72. The molecule has 2 aromatic carbocycles. The van der Waals surface area contributed by atoms with Gasteiger partial charge in [0.25, 0.3) is 11.8 Å². The van der Waals surface area contributed by atoms with Crippen LogP contribution in [0.1, 0.15) is 18.9 Å². The first kappa shape index (κ1) is 18.7. The molecule has 6 nitrogen and oxygen atoms in total. The first-order chi connectivity index (χ1) is 13.5. The van der Waals surface area contributed by atoms with Crippen LogP contribution in [0.4, 0.5) is 5.69 Å². The molecule has 0 unspecified atom stereocenters. The number of anilines is 1. The van der Waals surface area contributed by atoms with Gasteiger partial charge >= 0.3 is 0 Å². The Hall–Kier alpha value is -2.70. The van der Waals surface area contributed by atoms with Crippen molar-refractivity contribution in [2.45, 2.75) is 13.3 Å². The van der Waals surface area contributed by atoms with Gasteiger partial charge < -0.3 is 14.8 Å². The van der Waals surface area contributed by atoms with Crippen molar-refractivity contribution >= 4 is 46.3 Å². The van der Waals surface area contributed by atoms with E-state index in [1.54, 1.807) is 36.4 Å². The van der Waals surface area contributed by atoms with Gasteiger partial charge in [-0.1, -0.05) is 36.2 Å². The summed E-state index contributed by atoms with van der Waals surface area (Å²) in [4.78, 5) is 27.2. The lowest BCUT2D eigenvalue weighted by Crippen LogP contribution is -2.33. The molecular formula is C20H16Cl2N2O4. The second kappa shape index (κ2) is 7.37. The molecule has 0 saturated heterocycles. The fourth-order valence-electron chi connectivity index (χ4n) is 3.18. The highest BCUT2D eigenvalue weighted by atomic mass is 35.5. The summed E-state index contributed by atoms with van der Waals surface area (Å²) in [5.41, 5.74) is 1.44. The molecule has 0 fully saturated rings. The largest absolute Gasteiger partial charge is 0.454 e. The van der Waals surface area contributed by atoms with E-state index in [2.05, 4.69) is 5.32 Å². The number of halogens is 2. The van der Waals surface area contributed by atoms with E-state index in [1.807, 2.05) is 6.92 Å². The third kappa shape index (κ3) is 3.19. The molecule has 1 N–H and O–H groups in total. The van der Waals surface area contributed by atoms with E-state index in [0.717, 1.165) is 0 Å². The maximum Gasteiger partial charge on any atom is 0.278 e. The second-order valence-electron chi connectivity index (χ2n) is 6.33. The van der Waals surface area contributed by atoms with Crippen LogP contribution in [0.3, 0.4) is 0 Å². The molecule has 2 aliphatic rings. The number of carbonyl (C=O) groups is 2. The number of carbonyl (C=O) groups excluding carboxylic acids is 2. The molecular weight excluding hydrogens is 403 g/mol. The van der Waals surface area contributed by atoms with Crippen LogP contribution in [-0.4, -0.2) is 30.1 Å². The van der Waals surface area contributed by atoms with Gasteiger partial charge in [-0.15, -0.1) is 0 Å². The predicted octanol–water partition coefficient (Wildman–Crippen LogP) is 4.32. The number of hydrogen-bond acceptors (Lipinski definition) is 5. The maximum atomic E-state index is 13.0. The number of fused-ring (bicyclic) bond motifs is 1. The number of nitrogens with one attached hydrogen (secondary N) is 1. The summed E-state index contributed by atoms with van der Waals surface area (Å²) in [6, 6.07) is 10.0. The Morgan fingerprint density at radius 1 is 1.04 bits per heavy atom. The van der Waals surface area contributed by atoms with Crippen molar-refractivity contribution in [3.63, 3.8) is 0 Å². The lowest BCUT2D eigenvalue weighted by molar-refractivity contribution is -0.136. The van der Waals surface area contributed by atoms with E-state index >= 15 is 0 Å². The number of amides is 2. The van der Waals surface area contributed by atoms with Gasteiger partial charge in [-0.2, -0.15) is 0 Å². The molecule has 28 heavy (non-hydrogen) atoms. The van der Waals surface area contributed by atoms with Crippen molar-refractivity contribution in [2.24, 2.45) is 0 Å². The molecule has 8 heteroatoms. The Bertz CT molecular complexity index is 1020. The number of rotatable bonds is 5. The Balaban J connectivity index is 1.79. The van der Waals surface area contributed by atoms with Gasteiger partial charge in [0.15, 0.2) is 11.5 Å². The molecule has 0 saturated carbocycles. The molecule has 144 valence electrons. The first-order valence-corrected chi connectivity index (χ1v) is 9.47. The van der Waals surface area contributed by atoms with E-state index in [9.17, 15) is 9.59 Å². The summed E-state index contributed by atoms with van der Waals surface area (Å²) >= 11 is 12.3. The zero-order valence-corrected chi connectivity index (χ0v) is 16.4. The lowest BCUT2D eigenvalue weighted by Gasteiger charge is -2.14. The van der Waals surface area contributed by atoms with Gasteiger partial charge in [-0.25, -0.2) is 0 Å². The molecule has 0 bridgehead atoms. The van der Waals surface area contributed by atoms with Crippen molar-refractivity contribution in [3.8, 4) is 11.5 Å². The standard InChI is InChI=1S/C20H16Cl2N2O4/c1-2-7-24-19(25)17(13-5-3-11(21)8-14(13)22)18(20(24)26)23-12-4-6-15-16(9-12)28-10-27-15/h3-6,8-9,23H,2,7,10H2,1H3. The minimum absolute atomic E-state index is 0.148. The Labute approximate surface area is 171 Å². The van der Waals surface area contributed by atoms with E-state index in [4.69, 9.17) is 32.7 Å². The quantitative estimate of drug-likeness (QED) is 0.732. The van der Waals surface area contributed by atoms with Crippen molar-refractivity contribution in [1.82, 2.24) is 4.90 Å². The number of imide groups is 1. The zero-order valence-electron chi connectivity index (χ0n) is 14.9. The van der Waals surface area contributed by atoms with E-state index < -0.39 is 5.91 Å². The summed E-state index contributed by atoms with van der Waals surface area (Å²) in [5.74, 6) is 0.408. The minimum atomic E-state index is -0.398. The van der Waals surface area contributed by atoms with E-state index in [-0.39, 0.29) is 24.0 Å². The Morgan fingerprint density at radius 2 is 1.82 bits per heavy atom. The summed E-state index contributed by atoms with van der Waals surface area (Å²) in [7, 11) is 0. The fourth-order valence-corrected chi connectivity index (χ4v) is 3.68. The molecule has 0 aliphatic carbocycles. The molecule has 2 amide bonds. The van der Waals surface area contributed by atoms with Crippen LogP contribution in [0.15, 0.2) is 42.1 Å². The average Bonchev–Trinajstić information content (AvgIpc) is 3.21. The predicted molar refractivity (Wildman–Crippen MR) is 107 cm³/mol. The fraction of sp³-hybridized carbons (Fsp3) is 0.200. The van der Waals surface area contributed by atoms with Crippen LogP contribution < -0.4 is 14.8 Å². The second-order valence-corrected chi connectivity index (χ2v) is 7.17. The third-order valence-electron chi connectivity index (χ3n) is 4.46. The highest BCUT2D eigenvalue weighted by molar-refractivity contribution is 6.41. The Morgan fingerprint density at radius 3 is 2.57 bits per heavy atom. The molecule has 2 aliphatic heterocycles. The smallest absolute Gasteiger partial charge is 0.278 e. The topological polar surface area (TPSA) is 67.9 Å². The highest BCUT2D eigenvalue weighted by Crippen LogP contribution is 2.38. The molecule has 0 spiro atoms. The summed E-state index contributed by atoms with van der Waals surface area (Å²) in [6.07, 6.45) is 0.649. The van der Waals surface area contributed by atoms with Crippen LogP contribution in [0.5, 0.6) is 11.5 Å². The summed E-state index contributed by atoms with van der Waals surface area (Å²) in [5, 5.41) is 3.81. The van der Waals surface area contributed by atoms with Crippen molar-refractivity contribution in [3.05, 3.63) is 57.7 Å². The number of hydrogen-bond donors (Lipinski definition) is 1. The molecule has 2 heterocycles. The number of benzene rings is 2. The van der Waals surface area contributed by atoms with Gasteiger partial charge in [-0.3, -0.25) is 14.5 Å².